The Morgan fingerprint density at radius 2 is 2.00 bits per heavy atom. The summed E-state index contributed by atoms with van der Waals surface area (Å²) in [6, 6.07) is 5.16. The van der Waals surface area contributed by atoms with Gasteiger partial charge in [-0.3, -0.25) is 0 Å². The number of halogens is 1. The highest BCUT2D eigenvalue weighted by Crippen LogP contribution is 2.33. The van der Waals surface area contributed by atoms with Gasteiger partial charge in [0.1, 0.15) is 6.17 Å². The fourth-order valence-corrected chi connectivity index (χ4v) is 2.39. The first-order valence-electron chi connectivity index (χ1n) is 6.35. The third-order valence-corrected chi connectivity index (χ3v) is 3.43. The molecule has 0 saturated carbocycles. The molecule has 1 aromatic carbocycles. The summed E-state index contributed by atoms with van der Waals surface area (Å²) < 4.78 is 24.8. The molecule has 100 valence electrons. The second-order valence-corrected chi connectivity index (χ2v) is 4.57. The van der Waals surface area contributed by atoms with Crippen LogP contribution in [0.1, 0.15) is 31.0 Å². The zero-order valence-electron chi connectivity index (χ0n) is 10.9. The fraction of sp³-hybridized carbons (Fsp3) is 0.571. The molecular formula is C14H20FNO2. The van der Waals surface area contributed by atoms with Gasteiger partial charge in [0, 0.05) is 6.04 Å². The van der Waals surface area contributed by atoms with Crippen LogP contribution in [0.5, 0.6) is 11.5 Å². The number of methoxy groups -OCH3 is 2. The quantitative estimate of drug-likeness (QED) is 0.895. The molecule has 0 amide bonds. The minimum absolute atomic E-state index is 0.0862. The van der Waals surface area contributed by atoms with Crippen molar-refractivity contribution < 1.29 is 13.9 Å². The van der Waals surface area contributed by atoms with Crippen LogP contribution in [0.2, 0.25) is 0 Å². The van der Waals surface area contributed by atoms with Gasteiger partial charge in [0.05, 0.1) is 14.2 Å². The van der Waals surface area contributed by atoms with E-state index >= 15 is 0 Å². The SMILES string of the molecule is COc1ccc(C(F)C2CCCCN2)cc1OC. The second kappa shape index (κ2) is 6.05. The molecule has 1 aliphatic heterocycles. The van der Waals surface area contributed by atoms with Crippen LogP contribution < -0.4 is 14.8 Å². The van der Waals surface area contributed by atoms with Gasteiger partial charge in [-0.1, -0.05) is 12.5 Å². The lowest BCUT2D eigenvalue weighted by molar-refractivity contribution is 0.220. The lowest BCUT2D eigenvalue weighted by Gasteiger charge is -2.27. The number of nitrogens with one attached hydrogen (secondary N) is 1. The summed E-state index contributed by atoms with van der Waals surface area (Å²) in [5.41, 5.74) is 0.645. The number of rotatable bonds is 4. The molecule has 0 radical (unpaired) electrons. The normalized spacial score (nSPS) is 21.4. The molecule has 1 aliphatic rings. The summed E-state index contributed by atoms with van der Waals surface area (Å²) in [5.74, 6) is 1.21. The number of piperidine rings is 1. The van der Waals surface area contributed by atoms with E-state index in [2.05, 4.69) is 5.32 Å². The molecule has 1 saturated heterocycles. The molecule has 2 rings (SSSR count). The van der Waals surface area contributed by atoms with Crippen molar-refractivity contribution in [1.29, 1.82) is 0 Å². The van der Waals surface area contributed by atoms with Crippen LogP contribution in [0.15, 0.2) is 18.2 Å². The Morgan fingerprint density at radius 1 is 1.22 bits per heavy atom. The van der Waals surface area contributed by atoms with Crippen LogP contribution in [0.25, 0.3) is 0 Å². The van der Waals surface area contributed by atoms with Crippen LogP contribution in [-0.2, 0) is 0 Å². The molecule has 0 bridgehead atoms. The number of alkyl halides is 1. The second-order valence-electron chi connectivity index (χ2n) is 4.57. The van der Waals surface area contributed by atoms with E-state index in [4.69, 9.17) is 9.47 Å². The van der Waals surface area contributed by atoms with Crippen molar-refractivity contribution in [3.63, 3.8) is 0 Å². The first-order valence-corrected chi connectivity index (χ1v) is 6.35. The minimum atomic E-state index is -0.995. The van der Waals surface area contributed by atoms with E-state index in [0.29, 0.717) is 17.1 Å². The Balaban J connectivity index is 2.16. The average Bonchev–Trinajstić information content (AvgIpc) is 2.46. The van der Waals surface area contributed by atoms with Crippen LogP contribution in [0, 0.1) is 0 Å². The maximum absolute atomic E-state index is 14.4. The van der Waals surface area contributed by atoms with Gasteiger partial charge in [-0.25, -0.2) is 4.39 Å². The van der Waals surface area contributed by atoms with Crippen LogP contribution in [-0.4, -0.2) is 26.8 Å². The average molecular weight is 253 g/mol. The molecule has 0 spiro atoms. The van der Waals surface area contributed by atoms with Crippen molar-refractivity contribution in [1.82, 2.24) is 5.32 Å². The third-order valence-electron chi connectivity index (χ3n) is 3.43. The van der Waals surface area contributed by atoms with E-state index in [-0.39, 0.29) is 6.04 Å². The third kappa shape index (κ3) is 2.75. The van der Waals surface area contributed by atoms with Gasteiger partial charge in [0.25, 0.3) is 0 Å². The van der Waals surface area contributed by atoms with Crippen molar-refractivity contribution in [2.75, 3.05) is 20.8 Å². The molecule has 0 aliphatic carbocycles. The summed E-state index contributed by atoms with van der Waals surface area (Å²) in [6.07, 6.45) is 2.11. The molecule has 1 aromatic rings. The van der Waals surface area contributed by atoms with Gasteiger partial charge in [0.15, 0.2) is 11.5 Å². The molecule has 2 atom stereocenters. The highest BCUT2D eigenvalue weighted by Gasteiger charge is 2.25. The summed E-state index contributed by atoms with van der Waals surface area (Å²) in [6.45, 7) is 0.901. The van der Waals surface area contributed by atoms with E-state index in [0.717, 1.165) is 25.8 Å². The van der Waals surface area contributed by atoms with E-state index in [1.54, 1.807) is 32.4 Å². The Morgan fingerprint density at radius 3 is 2.61 bits per heavy atom. The van der Waals surface area contributed by atoms with Crippen LogP contribution in [0.4, 0.5) is 4.39 Å². The molecule has 2 unspecified atom stereocenters. The highest BCUT2D eigenvalue weighted by molar-refractivity contribution is 5.43. The monoisotopic (exact) mass is 253 g/mol. The summed E-state index contributed by atoms with van der Waals surface area (Å²) in [4.78, 5) is 0. The first-order chi connectivity index (χ1) is 8.76. The van der Waals surface area contributed by atoms with E-state index < -0.39 is 6.17 Å². The van der Waals surface area contributed by atoms with Crippen molar-refractivity contribution >= 4 is 0 Å². The molecule has 1 heterocycles. The molecule has 1 N–H and O–H groups in total. The van der Waals surface area contributed by atoms with Gasteiger partial charge in [-0.2, -0.15) is 0 Å². The maximum atomic E-state index is 14.4. The van der Waals surface area contributed by atoms with Crippen molar-refractivity contribution in [2.45, 2.75) is 31.5 Å². The topological polar surface area (TPSA) is 30.5 Å². The molecular weight excluding hydrogens is 233 g/mol. The Hall–Kier alpha value is -1.29. The predicted octanol–water partition coefficient (Wildman–Crippen LogP) is 2.86. The largest absolute Gasteiger partial charge is 0.493 e. The van der Waals surface area contributed by atoms with Gasteiger partial charge in [0.2, 0.25) is 0 Å². The molecule has 18 heavy (non-hydrogen) atoms. The minimum Gasteiger partial charge on any atom is -0.493 e. The number of ether oxygens (including phenoxy) is 2. The number of hydrogen-bond acceptors (Lipinski definition) is 3. The lowest BCUT2D eigenvalue weighted by atomic mass is 9.96. The van der Waals surface area contributed by atoms with E-state index in [1.165, 1.54) is 0 Å². The number of benzene rings is 1. The van der Waals surface area contributed by atoms with Gasteiger partial charge < -0.3 is 14.8 Å². The van der Waals surface area contributed by atoms with Crippen LogP contribution >= 0.6 is 0 Å². The van der Waals surface area contributed by atoms with Gasteiger partial charge >= 0.3 is 0 Å². The Bertz CT molecular complexity index is 391. The fourth-order valence-electron chi connectivity index (χ4n) is 2.39. The molecule has 4 heteroatoms. The highest BCUT2D eigenvalue weighted by atomic mass is 19.1. The molecule has 1 fully saturated rings. The molecule has 3 nitrogen and oxygen atoms in total. The predicted molar refractivity (Wildman–Crippen MR) is 69.0 cm³/mol. The van der Waals surface area contributed by atoms with Crippen LogP contribution in [0.3, 0.4) is 0 Å². The first kappa shape index (κ1) is 13.1. The maximum Gasteiger partial charge on any atom is 0.161 e. The smallest absolute Gasteiger partial charge is 0.161 e. The summed E-state index contributed by atoms with van der Waals surface area (Å²) in [7, 11) is 3.14. The zero-order chi connectivity index (χ0) is 13.0. The standard InChI is InChI=1S/C14H20FNO2/c1-17-12-7-6-10(9-13(12)18-2)14(15)11-5-3-4-8-16-11/h6-7,9,11,14,16H,3-5,8H2,1-2H3. The Kier molecular flexibility index (Phi) is 4.42. The molecule has 0 aromatic heterocycles. The summed E-state index contributed by atoms with van der Waals surface area (Å²) in [5, 5.41) is 3.24. The summed E-state index contributed by atoms with van der Waals surface area (Å²) >= 11 is 0. The van der Waals surface area contributed by atoms with E-state index in [9.17, 15) is 4.39 Å². The zero-order valence-corrected chi connectivity index (χ0v) is 10.9. The number of hydrogen-bond donors (Lipinski definition) is 1. The van der Waals surface area contributed by atoms with Crippen molar-refractivity contribution in [3.05, 3.63) is 23.8 Å². The van der Waals surface area contributed by atoms with Gasteiger partial charge in [-0.15, -0.1) is 0 Å². The Labute approximate surface area is 107 Å². The lowest BCUT2D eigenvalue weighted by Crippen LogP contribution is -2.37. The van der Waals surface area contributed by atoms with Crippen molar-refractivity contribution in [3.8, 4) is 11.5 Å². The van der Waals surface area contributed by atoms with E-state index in [1.807, 2.05) is 0 Å². The van der Waals surface area contributed by atoms with Gasteiger partial charge in [-0.05, 0) is 37.1 Å². The van der Waals surface area contributed by atoms with Crippen molar-refractivity contribution in [2.24, 2.45) is 0 Å².